The van der Waals surface area contributed by atoms with Gasteiger partial charge in [-0.25, -0.2) is 9.97 Å². The number of hydrogen-bond acceptors (Lipinski definition) is 5. The monoisotopic (exact) mass is 241 g/mol. The van der Waals surface area contributed by atoms with Crippen molar-refractivity contribution < 1.29 is 0 Å². The summed E-state index contributed by atoms with van der Waals surface area (Å²) in [4.78, 5) is 7.94. The third kappa shape index (κ3) is 2.45. The van der Waals surface area contributed by atoms with Gasteiger partial charge >= 0.3 is 0 Å². The summed E-state index contributed by atoms with van der Waals surface area (Å²) in [7, 11) is 0. The van der Waals surface area contributed by atoms with E-state index in [2.05, 4.69) is 25.5 Å². The second-order valence-corrected chi connectivity index (χ2v) is 4.56. The summed E-state index contributed by atoms with van der Waals surface area (Å²) in [5, 5.41) is 11.8. The molecule has 92 valence electrons. The highest BCUT2D eigenvalue weighted by atomic mass is 15.2. The Labute approximate surface area is 106 Å². The maximum absolute atomic E-state index is 4.20. The van der Waals surface area contributed by atoms with E-state index in [1.807, 2.05) is 12.1 Å². The lowest BCUT2D eigenvalue weighted by Gasteiger charge is -2.11. The van der Waals surface area contributed by atoms with Crippen LogP contribution < -0.4 is 5.32 Å². The zero-order valence-electron chi connectivity index (χ0n) is 10.1. The summed E-state index contributed by atoms with van der Waals surface area (Å²) in [6.45, 7) is 0. The molecule has 0 saturated heterocycles. The highest BCUT2D eigenvalue weighted by Crippen LogP contribution is 2.21. The van der Waals surface area contributed by atoms with E-state index in [1.54, 1.807) is 12.4 Å². The van der Waals surface area contributed by atoms with Gasteiger partial charge in [-0.05, 0) is 25.0 Å². The fourth-order valence-electron chi connectivity index (χ4n) is 2.27. The van der Waals surface area contributed by atoms with Gasteiger partial charge in [0.1, 0.15) is 12.1 Å². The van der Waals surface area contributed by atoms with Crippen LogP contribution in [0.1, 0.15) is 25.7 Å². The van der Waals surface area contributed by atoms with Crippen LogP contribution in [-0.4, -0.2) is 26.2 Å². The van der Waals surface area contributed by atoms with Gasteiger partial charge in [-0.2, -0.15) is 0 Å². The van der Waals surface area contributed by atoms with E-state index >= 15 is 0 Å². The summed E-state index contributed by atoms with van der Waals surface area (Å²) in [5.74, 6) is 0.850. The minimum absolute atomic E-state index is 0.560. The predicted molar refractivity (Wildman–Crippen MR) is 68.9 cm³/mol. The molecule has 0 radical (unpaired) electrons. The lowest BCUT2D eigenvalue weighted by Crippen LogP contribution is -2.15. The Kier molecular flexibility index (Phi) is 3.12. The number of anilines is 1. The van der Waals surface area contributed by atoms with Crippen LogP contribution in [0.4, 0.5) is 5.82 Å². The average molecular weight is 241 g/mol. The summed E-state index contributed by atoms with van der Waals surface area (Å²) in [5.41, 5.74) is 1.69. The highest BCUT2D eigenvalue weighted by Gasteiger charge is 2.14. The zero-order chi connectivity index (χ0) is 12.2. The van der Waals surface area contributed by atoms with Gasteiger partial charge in [-0.15, -0.1) is 10.2 Å². The Morgan fingerprint density at radius 1 is 1.00 bits per heavy atom. The molecule has 5 heteroatoms. The van der Waals surface area contributed by atoms with Crippen molar-refractivity contribution in [2.24, 2.45) is 0 Å². The first-order valence-corrected chi connectivity index (χ1v) is 6.27. The molecule has 0 amide bonds. The normalized spacial score (nSPS) is 15.8. The van der Waals surface area contributed by atoms with Crippen molar-refractivity contribution in [1.82, 2.24) is 20.2 Å². The first-order valence-electron chi connectivity index (χ1n) is 6.27. The predicted octanol–water partition coefficient (Wildman–Crippen LogP) is 2.29. The molecular formula is C13H15N5. The van der Waals surface area contributed by atoms with Crippen LogP contribution in [0.2, 0.25) is 0 Å². The zero-order valence-corrected chi connectivity index (χ0v) is 10.1. The molecule has 2 aromatic rings. The Morgan fingerprint density at radius 3 is 2.44 bits per heavy atom. The Hall–Kier alpha value is -2.04. The molecule has 0 aromatic carbocycles. The lowest BCUT2D eigenvalue weighted by molar-refractivity contribution is 0.746. The number of nitrogens with one attached hydrogen (secondary N) is 1. The van der Waals surface area contributed by atoms with Gasteiger partial charge in [-0.1, -0.05) is 12.8 Å². The van der Waals surface area contributed by atoms with Crippen molar-refractivity contribution in [1.29, 1.82) is 0 Å². The van der Waals surface area contributed by atoms with Crippen molar-refractivity contribution in [3.63, 3.8) is 0 Å². The number of nitrogens with zero attached hydrogens (tertiary/aromatic N) is 4. The standard InChI is InChI=1S/C13H15N5/c1-2-4-11(3-1)16-13-6-5-12(17-18-13)10-7-14-9-15-8-10/h5-9,11H,1-4H2,(H,16,18). The van der Waals surface area contributed by atoms with Crippen molar-refractivity contribution in [2.45, 2.75) is 31.7 Å². The molecule has 1 N–H and O–H groups in total. The molecule has 2 aromatic heterocycles. The molecule has 0 atom stereocenters. The minimum atomic E-state index is 0.560. The van der Waals surface area contributed by atoms with Crippen LogP contribution >= 0.6 is 0 Å². The van der Waals surface area contributed by atoms with Crippen LogP contribution in [0.5, 0.6) is 0 Å². The largest absolute Gasteiger partial charge is 0.366 e. The average Bonchev–Trinajstić information content (AvgIpc) is 2.94. The van der Waals surface area contributed by atoms with Gasteiger partial charge in [0.05, 0.1) is 5.69 Å². The van der Waals surface area contributed by atoms with Gasteiger partial charge in [-0.3, -0.25) is 0 Å². The summed E-state index contributed by atoms with van der Waals surface area (Å²) < 4.78 is 0. The van der Waals surface area contributed by atoms with Gasteiger partial charge in [0, 0.05) is 24.0 Å². The Balaban J connectivity index is 1.72. The van der Waals surface area contributed by atoms with Crippen molar-refractivity contribution in [3.05, 3.63) is 30.9 Å². The van der Waals surface area contributed by atoms with Gasteiger partial charge in [0.15, 0.2) is 0 Å². The quantitative estimate of drug-likeness (QED) is 0.893. The molecule has 18 heavy (non-hydrogen) atoms. The molecule has 3 rings (SSSR count). The Bertz CT molecular complexity index is 491. The number of rotatable bonds is 3. The molecule has 1 fully saturated rings. The molecule has 2 heterocycles. The smallest absolute Gasteiger partial charge is 0.148 e. The summed E-state index contributed by atoms with van der Waals surface area (Å²) in [6.07, 6.45) is 10.1. The van der Waals surface area contributed by atoms with E-state index in [9.17, 15) is 0 Å². The van der Waals surface area contributed by atoms with Gasteiger partial charge in [0.2, 0.25) is 0 Å². The maximum atomic E-state index is 4.20. The second-order valence-electron chi connectivity index (χ2n) is 4.56. The topological polar surface area (TPSA) is 63.6 Å². The summed E-state index contributed by atoms with van der Waals surface area (Å²) in [6, 6.07) is 4.47. The molecule has 0 aliphatic heterocycles. The fraction of sp³-hybridized carbons (Fsp3) is 0.385. The SMILES string of the molecule is c1ncc(-c2ccc(NC3CCCC3)nn2)cn1. The third-order valence-corrected chi connectivity index (χ3v) is 3.23. The first-order chi connectivity index (χ1) is 8.92. The third-order valence-electron chi connectivity index (χ3n) is 3.23. The second kappa shape index (κ2) is 5.08. The maximum Gasteiger partial charge on any atom is 0.148 e. The van der Waals surface area contributed by atoms with Gasteiger partial charge < -0.3 is 5.32 Å². The fourth-order valence-corrected chi connectivity index (χ4v) is 2.27. The molecule has 0 unspecified atom stereocenters. The van der Waals surface area contributed by atoms with E-state index in [0.717, 1.165) is 17.1 Å². The molecular weight excluding hydrogens is 226 g/mol. The Morgan fingerprint density at radius 2 is 1.78 bits per heavy atom. The first kappa shape index (κ1) is 11.1. The van der Waals surface area contributed by atoms with Crippen LogP contribution in [0.25, 0.3) is 11.3 Å². The van der Waals surface area contributed by atoms with E-state index < -0.39 is 0 Å². The molecule has 0 spiro atoms. The van der Waals surface area contributed by atoms with E-state index in [0.29, 0.717) is 6.04 Å². The number of aromatic nitrogens is 4. The molecule has 0 bridgehead atoms. The van der Waals surface area contributed by atoms with Crippen LogP contribution in [0, 0.1) is 0 Å². The highest BCUT2D eigenvalue weighted by molar-refractivity contribution is 5.57. The molecule has 5 nitrogen and oxygen atoms in total. The van der Waals surface area contributed by atoms with Crippen molar-refractivity contribution in [3.8, 4) is 11.3 Å². The van der Waals surface area contributed by atoms with Gasteiger partial charge in [0.25, 0.3) is 0 Å². The number of hydrogen-bond donors (Lipinski definition) is 1. The minimum Gasteiger partial charge on any atom is -0.366 e. The summed E-state index contributed by atoms with van der Waals surface area (Å²) >= 11 is 0. The van der Waals surface area contributed by atoms with Crippen molar-refractivity contribution >= 4 is 5.82 Å². The molecule has 1 aliphatic carbocycles. The molecule has 1 saturated carbocycles. The van der Waals surface area contributed by atoms with Crippen LogP contribution in [-0.2, 0) is 0 Å². The van der Waals surface area contributed by atoms with Crippen molar-refractivity contribution in [2.75, 3.05) is 5.32 Å². The van der Waals surface area contributed by atoms with E-state index in [-0.39, 0.29) is 0 Å². The van der Waals surface area contributed by atoms with E-state index in [1.165, 1.54) is 32.0 Å². The molecule has 1 aliphatic rings. The van der Waals surface area contributed by atoms with Crippen LogP contribution in [0.15, 0.2) is 30.9 Å². The van der Waals surface area contributed by atoms with Crippen LogP contribution in [0.3, 0.4) is 0 Å². The van der Waals surface area contributed by atoms with E-state index in [4.69, 9.17) is 0 Å². The lowest BCUT2D eigenvalue weighted by atomic mass is 10.2.